The number of rotatable bonds is 7. The van der Waals surface area contributed by atoms with Crippen LogP contribution in [0.3, 0.4) is 0 Å². The van der Waals surface area contributed by atoms with E-state index in [9.17, 15) is 9.59 Å². The first-order chi connectivity index (χ1) is 14.1. The summed E-state index contributed by atoms with van der Waals surface area (Å²) in [6, 6.07) is 17.3. The smallest absolute Gasteiger partial charge is 0.349 e. The van der Waals surface area contributed by atoms with Crippen molar-refractivity contribution in [3.8, 4) is 0 Å². The van der Waals surface area contributed by atoms with E-state index in [0.717, 1.165) is 21.2 Å². The Morgan fingerprint density at radius 1 is 0.966 bits per heavy atom. The first-order valence-corrected chi connectivity index (χ1v) is 9.82. The highest BCUT2D eigenvalue weighted by Gasteiger charge is 2.12. The number of para-hydroxylation sites is 2. The van der Waals surface area contributed by atoms with E-state index < -0.39 is 11.2 Å². The Labute approximate surface area is 174 Å². The van der Waals surface area contributed by atoms with E-state index in [1.165, 1.54) is 4.68 Å². The average molecular weight is 456 g/mol. The maximum atomic E-state index is 12.7. The zero-order valence-electron chi connectivity index (χ0n) is 15.4. The van der Waals surface area contributed by atoms with E-state index in [4.69, 9.17) is 4.74 Å². The van der Waals surface area contributed by atoms with Crippen LogP contribution < -0.4 is 11.2 Å². The average Bonchev–Trinajstić information content (AvgIpc) is 3.16. The van der Waals surface area contributed by atoms with Crippen molar-refractivity contribution in [2.24, 2.45) is 0 Å². The Hall–Kier alpha value is -3.04. The minimum Gasteiger partial charge on any atom is -0.356 e. The molecule has 0 aliphatic rings. The fourth-order valence-corrected chi connectivity index (χ4v) is 3.41. The highest BCUT2D eigenvalue weighted by atomic mass is 79.9. The van der Waals surface area contributed by atoms with Crippen molar-refractivity contribution in [3.05, 3.63) is 91.9 Å². The van der Waals surface area contributed by atoms with Gasteiger partial charge in [0.1, 0.15) is 6.73 Å². The molecule has 8 nitrogen and oxygen atoms in total. The van der Waals surface area contributed by atoms with Crippen molar-refractivity contribution in [2.45, 2.75) is 26.4 Å². The molecule has 4 aromatic rings. The quantitative estimate of drug-likeness (QED) is 0.427. The van der Waals surface area contributed by atoms with Crippen LogP contribution in [0.25, 0.3) is 11.0 Å². The molecule has 0 amide bonds. The fraction of sp³-hybridized carbons (Fsp3) is 0.200. The molecule has 148 valence electrons. The van der Waals surface area contributed by atoms with Crippen LogP contribution in [0.15, 0.2) is 75.1 Å². The summed E-state index contributed by atoms with van der Waals surface area (Å²) < 4.78 is 9.87. The first kappa shape index (κ1) is 19.3. The van der Waals surface area contributed by atoms with Gasteiger partial charge >= 0.3 is 5.69 Å². The molecule has 0 aliphatic heterocycles. The largest absolute Gasteiger partial charge is 0.356 e. The summed E-state index contributed by atoms with van der Waals surface area (Å²) in [5.74, 6) is 0. The predicted molar refractivity (Wildman–Crippen MR) is 111 cm³/mol. The van der Waals surface area contributed by atoms with Gasteiger partial charge in [0.15, 0.2) is 4.60 Å². The highest BCUT2D eigenvalue weighted by molar-refractivity contribution is 9.10. The summed E-state index contributed by atoms with van der Waals surface area (Å²) >= 11 is 3.15. The topological polar surface area (TPSA) is 83.9 Å². The number of hydrogen-bond donors (Lipinski definition) is 0. The van der Waals surface area contributed by atoms with Crippen LogP contribution in [0.5, 0.6) is 0 Å². The fourth-order valence-electron chi connectivity index (χ4n) is 3.01. The zero-order valence-corrected chi connectivity index (χ0v) is 17.0. The van der Waals surface area contributed by atoms with Crippen molar-refractivity contribution in [1.29, 1.82) is 0 Å². The number of benzene rings is 2. The van der Waals surface area contributed by atoms with E-state index in [1.807, 2.05) is 59.2 Å². The minimum absolute atomic E-state index is 0.0656. The Balaban J connectivity index is 1.51. The lowest BCUT2D eigenvalue weighted by molar-refractivity contribution is 0.0567. The molecular weight excluding hydrogens is 438 g/mol. The zero-order chi connectivity index (χ0) is 20.2. The molecule has 0 atom stereocenters. The third-order valence-corrected chi connectivity index (χ3v) is 4.99. The van der Waals surface area contributed by atoms with Gasteiger partial charge in [0, 0.05) is 6.54 Å². The van der Waals surface area contributed by atoms with E-state index in [-0.39, 0.29) is 17.9 Å². The Bertz CT molecular complexity index is 1250. The monoisotopic (exact) mass is 455 g/mol. The molecule has 2 heterocycles. The Morgan fingerprint density at radius 2 is 1.72 bits per heavy atom. The second kappa shape index (κ2) is 8.54. The van der Waals surface area contributed by atoms with Gasteiger partial charge in [-0.15, -0.1) is 0 Å². The lowest BCUT2D eigenvalue weighted by Gasteiger charge is -2.11. The van der Waals surface area contributed by atoms with Gasteiger partial charge in [0.25, 0.3) is 5.56 Å². The van der Waals surface area contributed by atoms with Crippen molar-refractivity contribution < 1.29 is 4.74 Å². The molecule has 9 heteroatoms. The SMILES string of the molecule is O=c1c(Br)nn(CCn2cnc3ccccc32)c(=O)n1COCc1ccccc1. The molecule has 4 rings (SSSR count). The third kappa shape index (κ3) is 4.20. The number of imidazole rings is 1. The molecule has 0 aliphatic carbocycles. The summed E-state index contributed by atoms with van der Waals surface area (Å²) in [6.45, 7) is 0.926. The maximum Gasteiger partial charge on any atom is 0.349 e. The molecule has 0 radical (unpaired) electrons. The van der Waals surface area contributed by atoms with Crippen LogP contribution in [0, 0.1) is 0 Å². The molecule has 0 spiro atoms. The lowest BCUT2D eigenvalue weighted by Crippen LogP contribution is -2.42. The summed E-state index contributed by atoms with van der Waals surface area (Å²) in [5.41, 5.74) is 1.77. The van der Waals surface area contributed by atoms with Crippen molar-refractivity contribution in [1.82, 2.24) is 23.9 Å². The number of hydrogen-bond acceptors (Lipinski definition) is 5. The van der Waals surface area contributed by atoms with Gasteiger partial charge < -0.3 is 9.30 Å². The van der Waals surface area contributed by atoms with Gasteiger partial charge in [0.2, 0.25) is 0 Å². The predicted octanol–water partition coefficient (Wildman–Crippen LogP) is 2.39. The second-order valence-corrected chi connectivity index (χ2v) is 7.17. The minimum atomic E-state index is -0.521. The molecule has 2 aromatic heterocycles. The van der Waals surface area contributed by atoms with Gasteiger partial charge in [-0.05, 0) is 33.6 Å². The number of aryl methyl sites for hydroxylation is 2. The molecule has 0 N–H and O–H groups in total. The molecular formula is C20H18BrN5O3. The molecule has 29 heavy (non-hydrogen) atoms. The van der Waals surface area contributed by atoms with E-state index in [1.54, 1.807) is 6.33 Å². The standard InChI is InChI=1S/C20H18BrN5O3/c21-18-19(27)25(14-29-12-15-6-2-1-3-7-15)20(28)26(23-18)11-10-24-13-22-16-8-4-5-9-17(16)24/h1-9,13H,10-12,14H2. The van der Waals surface area contributed by atoms with Crippen LogP contribution in [0.2, 0.25) is 0 Å². The second-order valence-electron chi connectivity index (χ2n) is 6.42. The molecule has 0 unspecified atom stereocenters. The molecule has 2 aromatic carbocycles. The number of nitrogens with zero attached hydrogens (tertiary/aromatic N) is 5. The first-order valence-electron chi connectivity index (χ1n) is 9.02. The van der Waals surface area contributed by atoms with Crippen LogP contribution in [0.4, 0.5) is 0 Å². The normalized spacial score (nSPS) is 11.2. The maximum absolute atomic E-state index is 12.7. The third-order valence-electron chi connectivity index (χ3n) is 4.49. The van der Waals surface area contributed by atoms with Gasteiger partial charge in [-0.3, -0.25) is 4.79 Å². The van der Waals surface area contributed by atoms with Crippen LogP contribution in [-0.4, -0.2) is 23.9 Å². The number of ether oxygens (including phenoxy) is 1. The van der Waals surface area contributed by atoms with Gasteiger partial charge in [-0.1, -0.05) is 42.5 Å². The molecule has 0 saturated carbocycles. The van der Waals surface area contributed by atoms with E-state index >= 15 is 0 Å². The van der Waals surface area contributed by atoms with Crippen molar-refractivity contribution in [3.63, 3.8) is 0 Å². The van der Waals surface area contributed by atoms with Crippen LogP contribution in [0.1, 0.15) is 5.56 Å². The summed E-state index contributed by atoms with van der Waals surface area (Å²) in [6.07, 6.45) is 1.73. The van der Waals surface area contributed by atoms with Gasteiger partial charge in [0.05, 0.1) is 30.5 Å². The van der Waals surface area contributed by atoms with Crippen LogP contribution >= 0.6 is 15.9 Å². The number of halogens is 1. The summed E-state index contributed by atoms with van der Waals surface area (Å²) in [4.78, 5) is 29.4. The van der Waals surface area contributed by atoms with Crippen molar-refractivity contribution >= 4 is 27.0 Å². The van der Waals surface area contributed by atoms with Crippen LogP contribution in [-0.2, 0) is 31.2 Å². The lowest BCUT2D eigenvalue weighted by atomic mass is 10.2. The molecule has 0 bridgehead atoms. The number of fused-ring (bicyclic) bond motifs is 1. The van der Waals surface area contributed by atoms with E-state index in [0.29, 0.717) is 13.2 Å². The Morgan fingerprint density at radius 3 is 2.55 bits per heavy atom. The molecule has 0 fully saturated rings. The molecule has 0 saturated heterocycles. The Kier molecular flexibility index (Phi) is 5.68. The highest BCUT2D eigenvalue weighted by Crippen LogP contribution is 2.11. The van der Waals surface area contributed by atoms with Crippen molar-refractivity contribution in [2.75, 3.05) is 0 Å². The van der Waals surface area contributed by atoms with E-state index in [2.05, 4.69) is 26.0 Å². The van der Waals surface area contributed by atoms with Gasteiger partial charge in [-0.25, -0.2) is 19.0 Å². The summed E-state index contributed by atoms with van der Waals surface area (Å²) in [7, 11) is 0. The summed E-state index contributed by atoms with van der Waals surface area (Å²) in [5, 5.41) is 4.08. The van der Waals surface area contributed by atoms with Gasteiger partial charge in [-0.2, -0.15) is 5.10 Å². The number of aromatic nitrogens is 5.